The van der Waals surface area contributed by atoms with Crippen LogP contribution < -0.4 is 10.6 Å². The zero-order chi connectivity index (χ0) is 16.7. The lowest BCUT2D eigenvalue weighted by atomic mass is 10.0. The summed E-state index contributed by atoms with van der Waals surface area (Å²) >= 11 is 0. The summed E-state index contributed by atoms with van der Waals surface area (Å²) in [4.78, 5) is 26.2. The van der Waals surface area contributed by atoms with Gasteiger partial charge in [0.15, 0.2) is 0 Å². The fourth-order valence-electron chi connectivity index (χ4n) is 2.90. The van der Waals surface area contributed by atoms with E-state index in [1.54, 1.807) is 36.4 Å². The maximum absolute atomic E-state index is 12.5. The quantitative estimate of drug-likeness (QED) is 0.579. The van der Waals surface area contributed by atoms with E-state index in [0.717, 1.165) is 11.1 Å². The summed E-state index contributed by atoms with van der Waals surface area (Å²) in [5, 5.41) is 0. The maximum atomic E-state index is 12.5. The molecule has 4 nitrogen and oxygen atoms in total. The second-order valence-electron chi connectivity index (χ2n) is 5.66. The van der Waals surface area contributed by atoms with Gasteiger partial charge in [0.05, 0.1) is 16.8 Å². The van der Waals surface area contributed by atoms with Gasteiger partial charge in [0.25, 0.3) is 11.8 Å². The number of imide groups is 1. The first-order valence-corrected chi connectivity index (χ1v) is 7.59. The first-order valence-electron chi connectivity index (χ1n) is 7.59. The van der Waals surface area contributed by atoms with Crippen LogP contribution in [0.3, 0.4) is 0 Å². The average Bonchev–Trinajstić information content (AvgIpc) is 2.87. The van der Waals surface area contributed by atoms with Crippen molar-refractivity contribution < 1.29 is 9.59 Å². The number of carbonyl (C=O) groups excluding carboxylic acids is 2. The number of benzene rings is 3. The monoisotopic (exact) mass is 314 g/mol. The van der Waals surface area contributed by atoms with Crippen molar-refractivity contribution in [3.8, 4) is 11.1 Å². The molecule has 0 atom stereocenters. The van der Waals surface area contributed by atoms with Gasteiger partial charge in [-0.15, -0.1) is 0 Å². The third kappa shape index (κ3) is 2.16. The van der Waals surface area contributed by atoms with Gasteiger partial charge in [0.1, 0.15) is 0 Å². The second kappa shape index (κ2) is 5.35. The van der Waals surface area contributed by atoms with E-state index in [2.05, 4.69) is 0 Å². The number of hydrogen-bond acceptors (Lipinski definition) is 3. The van der Waals surface area contributed by atoms with Crippen LogP contribution in [-0.2, 0) is 0 Å². The van der Waals surface area contributed by atoms with Gasteiger partial charge in [-0.3, -0.25) is 9.59 Å². The largest absolute Gasteiger partial charge is 0.399 e. The zero-order valence-corrected chi connectivity index (χ0v) is 12.8. The molecule has 1 aliphatic rings. The molecule has 4 heteroatoms. The predicted octanol–water partition coefficient (Wildman–Crippen LogP) is 3.74. The number of hydrogen-bond donors (Lipinski definition) is 1. The van der Waals surface area contributed by atoms with Gasteiger partial charge in [0.2, 0.25) is 0 Å². The lowest BCUT2D eigenvalue weighted by Gasteiger charge is -2.14. The number of nitrogens with two attached hydrogens (primary N) is 1. The van der Waals surface area contributed by atoms with Crippen LogP contribution >= 0.6 is 0 Å². The summed E-state index contributed by atoms with van der Waals surface area (Å²) in [6.07, 6.45) is 0. The van der Waals surface area contributed by atoms with E-state index < -0.39 is 0 Å². The van der Waals surface area contributed by atoms with Gasteiger partial charge in [-0.25, -0.2) is 4.90 Å². The van der Waals surface area contributed by atoms with Gasteiger partial charge >= 0.3 is 0 Å². The molecule has 4 rings (SSSR count). The Hall–Kier alpha value is -3.40. The van der Waals surface area contributed by atoms with Crippen molar-refractivity contribution in [1.82, 2.24) is 0 Å². The molecule has 1 aliphatic heterocycles. The Labute approximate surface area is 139 Å². The van der Waals surface area contributed by atoms with Gasteiger partial charge in [-0.05, 0) is 47.5 Å². The molecule has 0 fully saturated rings. The summed E-state index contributed by atoms with van der Waals surface area (Å²) in [5.41, 5.74) is 9.90. The Morgan fingerprint density at radius 2 is 1.08 bits per heavy atom. The van der Waals surface area contributed by atoms with E-state index in [-0.39, 0.29) is 11.8 Å². The molecule has 0 saturated carbocycles. The van der Waals surface area contributed by atoms with Crippen molar-refractivity contribution in [3.63, 3.8) is 0 Å². The van der Waals surface area contributed by atoms with Crippen molar-refractivity contribution in [2.75, 3.05) is 10.6 Å². The van der Waals surface area contributed by atoms with Crippen LogP contribution in [0.25, 0.3) is 11.1 Å². The zero-order valence-electron chi connectivity index (χ0n) is 12.8. The Balaban J connectivity index is 1.68. The van der Waals surface area contributed by atoms with Crippen LogP contribution in [0.5, 0.6) is 0 Å². The van der Waals surface area contributed by atoms with Gasteiger partial charge in [-0.2, -0.15) is 0 Å². The minimum Gasteiger partial charge on any atom is -0.399 e. The third-order valence-electron chi connectivity index (χ3n) is 4.16. The molecule has 24 heavy (non-hydrogen) atoms. The number of rotatable bonds is 2. The number of anilines is 2. The van der Waals surface area contributed by atoms with E-state index in [1.165, 1.54) is 4.90 Å². The Morgan fingerprint density at radius 1 is 0.625 bits per heavy atom. The maximum Gasteiger partial charge on any atom is 0.266 e. The molecule has 116 valence electrons. The van der Waals surface area contributed by atoms with Gasteiger partial charge < -0.3 is 5.73 Å². The summed E-state index contributed by atoms with van der Waals surface area (Å²) in [5.74, 6) is -0.563. The highest BCUT2D eigenvalue weighted by atomic mass is 16.2. The fraction of sp³-hybridized carbons (Fsp3) is 0. The molecular formula is C20H14N2O2. The van der Waals surface area contributed by atoms with Crippen LogP contribution in [0.15, 0.2) is 72.8 Å². The van der Waals surface area contributed by atoms with Crippen LogP contribution in [0.2, 0.25) is 0 Å². The van der Waals surface area contributed by atoms with E-state index in [1.807, 2.05) is 36.4 Å². The number of nitrogens with zero attached hydrogens (tertiary/aromatic N) is 1. The molecule has 3 aromatic rings. The van der Waals surface area contributed by atoms with E-state index in [0.29, 0.717) is 22.5 Å². The number of fused-ring (bicyclic) bond motifs is 1. The fourth-order valence-corrected chi connectivity index (χ4v) is 2.90. The van der Waals surface area contributed by atoms with E-state index >= 15 is 0 Å². The molecule has 2 N–H and O–H groups in total. The minimum absolute atomic E-state index is 0.282. The molecule has 0 saturated heterocycles. The standard InChI is InChI=1S/C20H14N2O2/c21-15-9-5-13(6-10-15)14-7-11-16(12-8-14)22-19(23)17-3-1-2-4-18(17)20(22)24/h1-12H,21H2. The van der Waals surface area contributed by atoms with Crippen LogP contribution in [0, 0.1) is 0 Å². The summed E-state index contributed by atoms with van der Waals surface area (Å²) in [7, 11) is 0. The topological polar surface area (TPSA) is 63.4 Å². The molecule has 0 unspecified atom stereocenters. The predicted molar refractivity (Wildman–Crippen MR) is 93.9 cm³/mol. The molecule has 0 aliphatic carbocycles. The van der Waals surface area contributed by atoms with Gasteiger partial charge in [0, 0.05) is 5.69 Å². The molecule has 0 spiro atoms. The first-order chi connectivity index (χ1) is 11.6. The lowest BCUT2D eigenvalue weighted by Crippen LogP contribution is -2.29. The molecule has 1 heterocycles. The number of carbonyl (C=O) groups is 2. The Bertz CT molecular complexity index is 909. The molecule has 3 aromatic carbocycles. The van der Waals surface area contributed by atoms with Gasteiger partial charge in [-0.1, -0.05) is 36.4 Å². The van der Waals surface area contributed by atoms with Crippen molar-refractivity contribution >= 4 is 23.2 Å². The summed E-state index contributed by atoms with van der Waals surface area (Å²) in [6, 6.07) is 21.8. The smallest absolute Gasteiger partial charge is 0.266 e. The molecule has 2 amide bonds. The van der Waals surface area contributed by atoms with Crippen molar-refractivity contribution in [2.45, 2.75) is 0 Å². The molecule has 0 aromatic heterocycles. The Kier molecular flexibility index (Phi) is 3.17. The van der Waals surface area contributed by atoms with Crippen LogP contribution in [-0.4, -0.2) is 11.8 Å². The summed E-state index contributed by atoms with van der Waals surface area (Å²) < 4.78 is 0. The third-order valence-corrected chi connectivity index (χ3v) is 4.16. The highest BCUT2D eigenvalue weighted by molar-refractivity contribution is 6.34. The highest BCUT2D eigenvalue weighted by Crippen LogP contribution is 2.30. The lowest BCUT2D eigenvalue weighted by molar-refractivity contribution is 0.0926. The van der Waals surface area contributed by atoms with Crippen LogP contribution in [0.1, 0.15) is 20.7 Å². The van der Waals surface area contributed by atoms with E-state index in [4.69, 9.17) is 5.73 Å². The van der Waals surface area contributed by atoms with E-state index in [9.17, 15) is 9.59 Å². The normalized spacial score (nSPS) is 13.2. The average molecular weight is 314 g/mol. The molecule has 0 bridgehead atoms. The first kappa shape index (κ1) is 14.2. The second-order valence-corrected chi connectivity index (χ2v) is 5.66. The molecule has 0 radical (unpaired) electrons. The van der Waals surface area contributed by atoms with Crippen molar-refractivity contribution in [2.24, 2.45) is 0 Å². The highest BCUT2D eigenvalue weighted by Gasteiger charge is 2.36. The SMILES string of the molecule is Nc1ccc(-c2ccc(N3C(=O)c4ccccc4C3=O)cc2)cc1. The molecular weight excluding hydrogens is 300 g/mol. The van der Waals surface area contributed by atoms with Crippen molar-refractivity contribution in [1.29, 1.82) is 0 Å². The van der Waals surface area contributed by atoms with Crippen molar-refractivity contribution in [3.05, 3.63) is 83.9 Å². The minimum atomic E-state index is -0.282. The number of amides is 2. The number of nitrogen functional groups attached to an aromatic ring is 1. The van der Waals surface area contributed by atoms with Crippen LogP contribution in [0.4, 0.5) is 11.4 Å². The summed E-state index contributed by atoms with van der Waals surface area (Å²) in [6.45, 7) is 0. The Morgan fingerprint density at radius 3 is 1.58 bits per heavy atom.